The topological polar surface area (TPSA) is 115 Å². The van der Waals surface area contributed by atoms with Crippen LogP contribution >= 0.6 is 0 Å². The Morgan fingerprint density at radius 3 is 2.50 bits per heavy atom. The fraction of sp³-hybridized carbons (Fsp3) is 0.125. The summed E-state index contributed by atoms with van der Waals surface area (Å²) in [4.78, 5) is 9.72. The third kappa shape index (κ3) is 2.40. The Kier molecular flexibility index (Phi) is 3.04. The smallest absolute Gasteiger partial charge is 0.326 e. The van der Waals surface area contributed by atoms with Crippen molar-refractivity contribution in [2.45, 2.75) is 11.8 Å². The molecule has 0 saturated carbocycles. The van der Waals surface area contributed by atoms with E-state index in [4.69, 9.17) is 5.73 Å². The number of benzene rings is 1. The van der Waals surface area contributed by atoms with Gasteiger partial charge in [0.1, 0.15) is 10.7 Å². The zero-order valence-corrected chi connectivity index (χ0v) is 9.14. The lowest BCUT2D eigenvalue weighted by atomic mass is 10.2. The monoisotopic (exact) mass is 247 g/mol. The van der Waals surface area contributed by atoms with Crippen LogP contribution in [0, 0.1) is 12.7 Å². The van der Waals surface area contributed by atoms with Gasteiger partial charge in [0, 0.05) is 5.69 Å². The number of carbonyl (C=O) groups excluding carboxylic acids is 1. The van der Waals surface area contributed by atoms with Crippen LogP contribution in [0.15, 0.2) is 17.0 Å². The number of rotatable bonds is 2. The van der Waals surface area contributed by atoms with Crippen molar-refractivity contribution in [1.29, 1.82) is 0 Å². The third-order valence-corrected chi connectivity index (χ3v) is 3.21. The average molecular weight is 247 g/mol. The number of nitrogens with two attached hydrogens (primary N) is 2. The second-order valence-electron chi connectivity index (χ2n) is 3.11. The van der Waals surface area contributed by atoms with E-state index in [-0.39, 0.29) is 5.69 Å². The van der Waals surface area contributed by atoms with Crippen molar-refractivity contribution in [3.63, 3.8) is 0 Å². The first-order valence-corrected chi connectivity index (χ1v) is 5.60. The predicted octanol–water partition coefficient (Wildman–Crippen LogP) is 0.0733. The number of hydrogen-bond donors (Lipinski definition) is 3. The summed E-state index contributed by atoms with van der Waals surface area (Å²) in [6.07, 6.45) is 0. The van der Waals surface area contributed by atoms with Gasteiger partial charge in [-0.25, -0.2) is 22.3 Å². The highest BCUT2D eigenvalue weighted by atomic mass is 32.2. The van der Waals surface area contributed by atoms with Gasteiger partial charge in [0.2, 0.25) is 0 Å². The first kappa shape index (κ1) is 12.2. The van der Waals surface area contributed by atoms with Gasteiger partial charge in [-0.15, -0.1) is 0 Å². The molecule has 1 aromatic rings. The van der Waals surface area contributed by atoms with E-state index in [2.05, 4.69) is 5.73 Å². The number of amides is 2. The zero-order chi connectivity index (χ0) is 12.5. The van der Waals surface area contributed by atoms with Gasteiger partial charge in [-0.1, -0.05) is 0 Å². The molecule has 0 saturated heterocycles. The molecule has 0 spiro atoms. The van der Waals surface area contributed by atoms with E-state index in [9.17, 15) is 17.6 Å². The largest absolute Gasteiger partial charge is 0.398 e. The van der Waals surface area contributed by atoms with Crippen LogP contribution in [0.5, 0.6) is 0 Å². The van der Waals surface area contributed by atoms with Crippen molar-refractivity contribution in [2.75, 3.05) is 5.73 Å². The van der Waals surface area contributed by atoms with Crippen LogP contribution < -0.4 is 16.2 Å². The van der Waals surface area contributed by atoms with Crippen LogP contribution in [0.25, 0.3) is 0 Å². The van der Waals surface area contributed by atoms with E-state index in [0.717, 1.165) is 12.1 Å². The molecule has 2 amide bonds. The number of aryl methyl sites for hydroxylation is 1. The molecular formula is C8H10FN3O3S. The summed E-state index contributed by atoms with van der Waals surface area (Å²) < 4.78 is 37.6. The van der Waals surface area contributed by atoms with Crippen molar-refractivity contribution in [2.24, 2.45) is 5.73 Å². The highest BCUT2D eigenvalue weighted by molar-refractivity contribution is 7.90. The van der Waals surface area contributed by atoms with Crippen molar-refractivity contribution < 1.29 is 17.6 Å². The number of urea groups is 1. The first-order valence-electron chi connectivity index (χ1n) is 4.12. The number of halogens is 1. The summed E-state index contributed by atoms with van der Waals surface area (Å²) >= 11 is 0. The molecule has 16 heavy (non-hydrogen) atoms. The van der Waals surface area contributed by atoms with Gasteiger partial charge in [0.25, 0.3) is 10.0 Å². The molecule has 0 aliphatic heterocycles. The van der Waals surface area contributed by atoms with E-state index in [1.807, 2.05) is 0 Å². The Bertz CT molecular complexity index is 542. The van der Waals surface area contributed by atoms with E-state index in [0.29, 0.717) is 5.56 Å². The van der Waals surface area contributed by atoms with Crippen LogP contribution in [0.4, 0.5) is 14.9 Å². The summed E-state index contributed by atoms with van der Waals surface area (Å²) in [5, 5.41) is 0. The molecule has 0 atom stereocenters. The van der Waals surface area contributed by atoms with Gasteiger partial charge in [-0.05, 0) is 24.6 Å². The summed E-state index contributed by atoms with van der Waals surface area (Å²) in [5.41, 5.74) is 10.6. The van der Waals surface area contributed by atoms with Crippen molar-refractivity contribution in [1.82, 2.24) is 4.72 Å². The number of nitrogens with one attached hydrogen (secondary N) is 1. The molecule has 0 aliphatic carbocycles. The minimum atomic E-state index is -4.31. The van der Waals surface area contributed by atoms with E-state index < -0.39 is 26.8 Å². The molecule has 0 aromatic heterocycles. The average Bonchev–Trinajstić information content (AvgIpc) is 2.08. The molecule has 1 aromatic carbocycles. The molecule has 1 rings (SSSR count). The lowest BCUT2D eigenvalue weighted by molar-refractivity contribution is 0.253. The zero-order valence-electron chi connectivity index (χ0n) is 8.32. The number of hydrogen-bond acceptors (Lipinski definition) is 4. The van der Waals surface area contributed by atoms with Crippen LogP contribution in [0.1, 0.15) is 5.56 Å². The standard InChI is InChI=1S/C8H10FN3O3S/c1-4-2-5(9)7(3-6(4)10)16(14,15)12-8(11)13/h2-3H,10H2,1H3,(H3,11,12,13). The molecule has 8 heteroatoms. The quantitative estimate of drug-likeness (QED) is 0.641. The van der Waals surface area contributed by atoms with E-state index in [1.165, 1.54) is 11.6 Å². The molecule has 0 unspecified atom stereocenters. The lowest BCUT2D eigenvalue weighted by Crippen LogP contribution is -2.35. The fourth-order valence-electron chi connectivity index (χ4n) is 1.06. The minimum absolute atomic E-state index is 0.103. The molecule has 0 bridgehead atoms. The van der Waals surface area contributed by atoms with Crippen LogP contribution in [-0.2, 0) is 10.0 Å². The number of carbonyl (C=O) groups is 1. The first-order chi connectivity index (χ1) is 7.24. The summed E-state index contributed by atoms with van der Waals surface area (Å²) in [6, 6.07) is 0.597. The Balaban J connectivity index is 3.34. The molecule has 0 radical (unpaired) electrons. The van der Waals surface area contributed by atoms with Crippen molar-refractivity contribution in [3.05, 3.63) is 23.5 Å². The third-order valence-electron chi connectivity index (χ3n) is 1.85. The Hall–Kier alpha value is -1.83. The van der Waals surface area contributed by atoms with Gasteiger partial charge in [0.15, 0.2) is 0 Å². The maximum Gasteiger partial charge on any atom is 0.326 e. The molecule has 6 nitrogen and oxygen atoms in total. The predicted molar refractivity (Wildman–Crippen MR) is 55.5 cm³/mol. The summed E-state index contributed by atoms with van der Waals surface area (Å²) in [7, 11) is -4.31. The Morgan fingerprint density at radius 2 is 2.00 bits per heavy atom. The molecule has 0 aliphatic rings. The van der Waals surface area contributed by atoms with Gasteiger partial charge in [0.05, 0.1) is 0 Å². The second kappa shape index (κ2) is 3.97. The van der Waals surface area contributed by atoms with Crippen LogP contribution in [0.2, 0.25) is 0 Å². The summed E-state index contributed by atoms with van der Waals surface area (Å²) in [5.74, 6) is -1.000. The van der Waals surface area contributed by atoms with Gasteiger partial charge in [-0.2, -0.15) is 0 Å². The Morgan fingerprint density at radius 1 is 1.44 bits per heavy atom. The Labute approximate surface area is 91.5 Å². The second-order valence-corrected chi connectivity index (χ2v) is 4.76. The highest BCUT2D eigenvalue weighted by Crippen LogP contribution is 2.21. The normalized spacial score (nSPS) is 11.1. The molecule has 5 N–H and O–H groups in total. The molecule has 0 heterocycles. The van der Waals surface area contributed by atoms with Gasteiger partial charge < -0.3 is 11.5 Å². The minimum Gasteiger partial charge on any atom is -0.398 e. The number of primary amides is 1. The van der Waals surface area contributed by atoms with Crippen LogP contribution in [0.3, 0.4) is 0 Å². The number of nitrogen functional groups attached to an aromatic ring is 1. The highest BCUT2D eigenvalue weighted by Gasteiger charge is 2.21. The van der Waals surface area contributed by atoms with Crippen LogP contribution in [-0.4, -0.2) is 14.4 Å². The summed E-state index contributed by atoms with van der Waals surface area (Å²) in [6.45, 7) is 1.52. The fourth-order valence-corrected chi connectivity index (χ4v) is 2.03. The van der Waals surface area contributed by atoms with E-state index >= 15 is 0 Å². The SMILES string of the molecule is Cc1cc(F)c(S(=O)(=O)NC(N)=O)cc1N. The number of anilines is 1. The van der Waals surface area contributed by atoms with E-state index in [1.54, 1.807) is 0 Å². The van der Waals surface area contributed by atoms with Crippen molar-refractivity contribution >= 4 is 21.7 Å². The van der Waals surface area contributed by atoms with Crippen molar-refractivity contribution in [3.8, 4) is 0 Å². The number of sulfonamides is 1. The maximum absolute atomic E-state index is 13.3. The molecular weight excluding hydrogens is 237 g/mol. The van der Waals surface area contributed by atoms with Gasteiger partial charge >= 0.3 is 6.03 Å². The molecule has 0 fully saturated rings. The maximum atomic E-state index is 13.3. The van der Waals surface area contributed by atoms with Gasteiger partial charge in [-0.3, -0.25) is 0 Å². The molecule has 88 valence electrons. The lowest BCUT2D eigenvalue weighted by Gasteiger charge is -2.08.